The van der Waals surface area contributed by atoms with E-state index < -0.39 is 27.6 Å². The van der Waals surface area contributed by atoms with Crippen molar-refractivity contribution < 1.29 is 23.1 Å². The van der Waals surface area contributed by atoms with Gasteiger partial charge in [-0.3, -0.25) is 9.59 Å². The van der Waals surface area contributed by atoms with E-state index in [1.807, 2.05) is 0 Å². The van der Waals surface area contributed by atoms with Gasteiger partial charge in [0.15, 0.2) is 15.0 Å². The van der Waals surface area contributed by atoms with E-state index in [1.54, 1.807) is 6.07 Å². The topological polar surface area (TPSA) is 113 Å². The second-order valence-electron chi connectivity index (χ2n) is 6.25. The fourth-order valence-corrected chi connectivity index (χ4v) is 4.76. The number of carbonyl (C=O) groups excluding carboxylic acids is 1. The number of nitrogens with zero attached hydrogens (tertiary/aromatic N) is 1. The van der Waals surface area contributed by atoms with Gasteiger partial charge in [0.05, 0.1) is 26.9 Å². The molecule has 1 aromatic carbocycles. The van der Waals surface area contributed by atoms with Crippen LogP contribution < -0.4 is 5.32 Å². The van der Waals surface area contributed by atoms with Crippen LogP contribution in [0.15, 0.2) is 23.1 Å². The average molecular weight is 382 g/mol. The maximum atomic E-state index is 12.5. The quantitative estimate of drug-likeness (QED) is 0.840. The molecule has 134 valence electrons. The second-order valence-corrected chi connectivity index (χ2v) is 9.29. The third-order valence-corrected chi connectivity index (χ3v) is 6.48. The van der Waals surface area contributed by atoms with Gasteiger partial charge in [-0.05, 0) is 31.0 Å². The minimum Gasteiger partial charge on any atom is -0.481 e. The first kappa shape index (κ1) is 17.8. The minimum atomic E-state index is -3.32. The van der Waals surface area contributed by atoms with Crippen LogP contribution in [0.25, 0.3) is 10.2 Å². The number of anilines is 1. The van der Waals surface area contributed by atoms with E-state index in [1.165, 1.54) is 23.5 Å². The highest BCUT2D eigenvalue weighted by Gasteiger charge is 2.36. The van der Waals surface area contributed by atoms with Crippen molar-refractivity contribution in [2.45, 2.75) is 30.6 Å². The Morgan fingerprint density at radius 1 is 1.24 bits per heavy atom. The van der Waals surface area contributed by atoms with Crippen LogP contribution in [0.2, 0.25) is 0 Å². The van der Waals surface area contributed by atoms with Gasteiger partial charge in [0, 0.05) is 6.26 Å². The summed E-state index contributed by atoms with van der Waals surface area (Å²) in [6, 6.07) is 4.60. The number of hydrogen-bond acceptors (Lipinski definition) is 6. The first-order valence-corrected chi connectivity index (χ1v) is 10.6. The Kier molecular flexibility index (Phi) is 4.79. The third-order valence-electron chi connectivity index (χ3n) is 4.44. The molecule has 2 N–H and O–H groups in total. The van der Waals surface area contributed by atoms with Gasteiger partial charge in [0.2, 0.25) is 5.91 Å². The number of carbonyl (C=O) groups is 2. The molecule has 2 atom stereocenters. The molecular formula is C16H18N2O5S2. The van der Waals surface area contributed by atoms with E-state index in [0.717, 1.165) is 19.1 Å². The SMILES string of the molecule is CS(=O)(=O)c1ccc2nc(NC(=O)[C@@H]3CCCC[C@@H]3C(=O)O)sc2c1. The molecule has 7 nitrogen and oxygen atoms in total. The van der Waals surface area contributed by atoms with Crippen molar-refractivity contribution in [1.29, 1.82) is 0 Å². The van der Waals surface area contributed by atoms with E-state index in [-0.39, 0.29) is 10.8 Å². The molecule has 0 bridgehead atoms. The first-order chi connectivity index (χ1) is 11.8. The molecule has 0 radical (unpaired) electrons. The molecule has 1 aromatic heterocycles. The number of nitrogens with one attached hydrogen (secondary N) is 1. The highest BCUT2D eigenvalue weighted by molar-refractivity contribution is 7.90. The summed E-state index contributed by atoms with van der Waals surface area (Å²) in [4.78, 5) is 28.3. The molecule has 0 aliphatic heterocycles. The van der Waals surface area contributed by atoms with Gasteiger partial charge < -0.3 is 10.4 Å². The van der Waals surface area contributed by atoms with Gasteiger partial charge in [-0.2, -0.15) is 0 Å². The summed E-state index contributed by atoms with van der Waals surface area (Å²) in [7, 11) is -3.32. The van der Waals surface area contributed by atoms with Crippen molar-refractivity contribution in [1.82, 2.24) is 4.98 Å². The van der Waals surface area contributed by atoms with Gasteiger partial charge in [0.25, 0.3) is 0 Å². The fourth-order valence-electron chi connectivity index (χ4n) is 3.13. The summed E-state index contributed by atoms with van der Waals surface area (Å²) in [6.45, 7) is 0. The normalized spacial score (nSPS) is 21.2. The summed E-state index contributed by atoms with van der Waals surface area (Å²) < 4.78 is 23.9. The Hall–Kier alpha value is -2.00. The summed E-state index contributed by atoms with van der Waals surface area (Å²) in [5, 5.41) is 12.3. The Morgan fingerprint density at radius 2 is 1.92 bits per heavy atom. The highest BCUT2D eigenvalue weighted by atomic mass is 32.2. The van der Waals surface area contributed by atoms with Gasteiger partial charge in [0.1, 0.15) is 0 Å². The van der Waals surface area contributed by atoms with Gasteiger partial charge in [-0.25, -0.2) is 13.4 Å². The van der Waals surface area contributed by atoms with E-state index in [4.69, 9.17) is 0 Å². The van der Waals surface area contributed by atoms with Crippen molar-refractivity contribution in [3.05, 3.63) is 18.2 Å². The zero-order valence-corrected chi connectivity index (χ0v) is 15.2. The number of thiazole rings is 1. The molecule has 3 rings (SSSR count). The molecule has 2 aromatic rings. The van der Waals surface area contributed by atoms with Crippen LogP contribution in [0.1, 0.15) is 25.7 Å². The molecule has 0 spiro atoms. The molecule has 1 heterocycles. The van der Waals surface area contributed by atoms with Gasteiger partial charge in [-0.1, -0.05) is 24.2 Å². The number of sulfone groups is 1. The van der Waals surface area contributed by atoms with E-state index in [2.05, 4.69) is 10.3 Å². The van der Waals surface area contributed by atoms with Crippen LogP contribution in [0.5, 0.6) is 0 Å². The monoisotopic (exact) mass is 382 g/mol. The predicted octanol–water partition coefficient (Wildman–Crippen LogP) is 2.53. The standard InChI is InChI=1S/C16H18N2O5S2/c1-25(22,23)9-6-7-12-13(8-9)24-16(17-12)18-14(19)10-4-2-3-5-11(10)15(20)21/h6-8,10-11H,2-5H2,1H3,(H,20,21)(H,17,18,19)/t10-,11+/m1/s1. The Bertz CT molecular complexity index is 935. The predicted molar refractivity (Wildman–Crippen MR) is 94.4 cm³/mol. The smallest absolute Gasteiger partial charge is 0.307 e. The van der Waals surface area contributed by atoms with Gasteiger partial charge >= 0.3 is 5.97 Å². The maximum Gasteiger partial charge on any atom is 0.307 e. The highest BCUT2D eigenvalue weighted by Crippen LogP contribution is 2.33. The van der Waals surface area contributed by atoms with Crippen molar-refractivity contribution in [3.8, 4) is 0 Å². The number of carboxylic acids is 1. The number of aromatic nitrogens is 1. The first-order valence-electron chi connectivity index (χ1n) is 7.90. The lowest BCUT2D eigenvalue weighted by Gasteiger charge is -2.26. The van der Waals surface area contributed by atoms with Crippen LogP contribution in [-0.2, 0) is 19.4 Å². The molecular weight excluding hydrogens is 364 g/mol. The molecule has 1 fully saturated rings. The molecule has 9 heteroatoms. The molecule has 25 heavy (non-hydrogen) atoms. The van der Waals surface area contributed by atoms with E-state index in [9.17, 15) is 23.1 Å². The Morgan fingerprint density at radius 3 is 2.56 bits per heavy atom. The molecule has 0 unspecified atom stereocenters. The lowest BCUT2D eigenvalue weighted by molar-refractivity contribution is -0.147. The average Bonchev–Trinajstić information content (AvgIpc) is 2.95. The molecule has 0 saturated heterocycles. The van der Waals surface area contributed by atoms with E-state index >= 15 is 0 Å². The summed E-state index contributed by atoms with van der Waals surface area (Å²) in [5.41, 5.74) is 0.589. The minimum absolute atomic E-state index is 0.194. The molecule has 1 aliphatic rings. The number of rotatable bonds is 4. The molecule has 1 amide bonds. The second kappa shape index (κ2) is 6.72. The van der Waals surface area contributed by atoms with Crippen LogP contribution in [0.3, 0.4) is 0 Å². The van der Waals surface area contributed by atoms with Crippen molar-refractivity contribution >= 4 is 48.4 Å². The number of fused-ring (bicyclic) bond motifs is 1. The lowest BCUT2D eigenvalue weighted by Crippen LogP contribution is -2.36. The van der Waals surface area contributed by atoms with Crippen molar-refractivity contribution in [2.75, 3.05) is 11.6 Å². The number of benzene rings is 1. The Labute approximate surface area is 149 Å². The maximum absolute atomic E-state index is 12.5. The number of aliphatic carboxylic acids is 1. The summed E-state index contributed by atoms with van der Waals surface area (Å²) in [5.74, 6) is -2.51. The van der Waals surface area contributed by atoms with Crippen LogP contribution in [0.4, 0.5) is 5.13 Å². The van der Waals surface area contributed by atoms with Crippen molar-refractivity contribution in [3.63, 3.8) is 0 Å². The van der Waals surface area contributed by atoms with Crippen molar-refractivity contribution in [2.24, 2.45) is 11.8 Å². The largest absolute Gasteiger partial charge is 0.481 e. The third kappa shape index (κ3) is 3.82. The summed E-state index contributed by atoms with van der Waals surface area (Å²) in [6.07, 6.45) is 3.83. The number of carboxylic acid groups (broad SMARTS) is 1. The summed E-state index contributed by atoms with van der Waals surface area (Å²) >= 11 is 1.17. The Balaban J connectivity index is 1.82. The molecule has 1 aliphatic carbocycles. The van der Waals surface area contributed by atoms with Crippen LogP contribution in [-0.4, -0.2) is 36.6 Å². The van der Waals surface area contributed by atoms with Crippen LogP contribution in [0, 0.1) is 11.8 Å². The van der Waals surface area contributed by atoms with E-state index in [0.29, 0.717) is 28.2 Å². The fraction of sp³-hybridized carbons (Fsp3) is 0.438. The zero-order valence-electron chi connectivity index (χ0n) is 13.6. The number of amides is 1. The van der Waals surface area contributed by atoms with Crippen LogP contribution >= 0.6 is 11.3 Å². The molecule has 1 saturated carbocycles. The zero-order chi connectivity index (χ0) is 18.2. The lowest BCUT2D eigenvalue weighted by atomic mass is 9.79. The number of hydrogen-bond donors (Lipinski definition) is 2. The van der Waals surface area contributed by atoms with Gasteiger partial charge in [-0.15, -0.1) is 0 Å².